The highest BCUT2D eigenvalue weighted by Crippen LogP contribution is 2.13. The second-order valence-electron chi connectivity index (χ2n) is 17.4. The van der Waals surface area contributed by atoms with Gasteiger partial charge in [-0.05, 0) is 122 Å². The first-order valence-electron chi connectivity index (χ1n) is 26.9. The van der Waals surface area contributed by atoms with E-state index in [1.807, 2.05) is 0 Å². The Kier molecular flexibility index (Phi) is 50.5. The number of rotatable bonds is 47. The number of hydrogen-bond donors (Lipinski definition) is 0. The molecule has 0 aliphatic carbocycles. The average Bonchev–Trinajstić information content (AvgIpc) is 3.31. The zero-order valence-electron chi connectivity index (χ0n) is 42.7. The molecule has 0 saturated heterocycles. The molecule has 0 saturated carbocycles. The normalized spacial score (nSPS) is 13.0. The molecule has 66 heavy (non-hydrogen) atoms. The molecule has 1 unspecified atom stereocenters. The van der Waals surface area contributed by atoms with Crippen LogP contribution in [0.3, 0.4) is 0 Å². The molecule has 0 fully saturated rings. The van der Waals surface area contributed by atoms with Crippen molar-refractivity contribution in [3.8, 4) is 0 Å². The summed E-state index contributed by atoms with van der Waals surface area (Å²) in [7, 11) is 0. The first kappa shape index (κ1) is 62.1. The molecule has 374 valence electrons. The van der Waals surface area contributed by atoms with Crippen LogP contribution < -0.4 is 0 Å². The summed E-state index contributed by atoms with van der Waals surface area (Å²) in [5.74, 6) is -0.980. The standard InChI is InChI=1S/C60H98O6/c1-4-7-10-13-16-19-22-25-28-29-30-31-33-35-38-41-44-47-50-53-59(62)65-56-57(55-64-58(61)52-49-46-43-40-37-34-27-24-21-18-15-12-9-6-3)66-60(63)54-51-48-45-42-39-36-32-26-23-20-17-14-11-8-5-2/h8,11,15-20,24-28,30-32,39,42,57H,4-7,9-10,12-14,21-23,29,33-38,40-41,43-56H2,1-3H3/b11-8-,18-15-,19-16-,20-17-,27-24-,28-25-,31-30-,32-26-,42-39-. The van der Waals surface area contributed by atoms with Crippen molar-refractivity contribution in [3.05, 3.63) is 109 Å². The Morgan fingerprint density at radius 1 is 0.318 bits per heavy atom. The third kappa shape index (κ3) is 51.1. The first-order valence-corrected chi connectivity index (χ1v) is 26.9. The minimum Gasteiger partial charge on any atom is -0.462 e. The van der Waals surface area contributed by atoms with Gasteiger partial charge in [-0.1, -0.05) is 201 Å². The molecule has 1 atom stereocenters. The molecule has 0 bridgehead atoms. The summed E-state index contributed by atoms with van der Waals surface area (Å²) < 4.78 is 16.8. The van der Waals surface area contributed by atoms with Gasteiger partial charge in [0.1, 0.15) is 13.2 Å². The summed E-state index contributed by atoms with van der Waals surface area (Å²) in [6, 6.07) is 0. The Labute approximate surface area is 406 Å². The van der Waals surface area contributed by atoms with E-state index < -0.39 is 6.10 Å². The number of hydrogen-bond acceptors (Lipinski definition) is 6. The quantitative estimate of drug-likeness (QED) is 0.0262. The molecule has 6 nitrogen and oxygen atoms in total. The fourth-order valence-electron chi connectivity index (χ4n) is 6.93. The molecule has 0 aromatic carbocycles. The fraction of sp³-hybridized carbons (Fsp3) is 0.650. The summed E-state index contributed by atoms with van der Waals surface area (Å²) in [6.45, 7) is 6.39. The molecular formula is C60H98O6. The Balaban J connectivity index is 4.49. The van der Waals surface area contributed by atoms with Crippen molar-refractivity contribution in [2.24, 2.45) is 0 Å². The van der Waals surface area contributed by atoms with Crippen LogP contribution in [0.1, 0.15) is 233 Å². The third-order valence-electron chi connectivity index (χ3n) is 11.0. The lowest BCUT2D eigenvalue weighted by molar-refractivity contribution is -0.167. The first-order chi connectivity index (χ1) is 32.5. The van der Waals surface area contributed by atoms with Gasteiger partial charge in [0.05, 0.1) is 0 Å². The summed E-state index contributed by atoms with van der Waals surface area (Å²) in [4.78, 5) is 38.0. The Morgan fingerprint density at radius 3 is 1.00 bits per heavy atom. The molecule has 0 spiro atoms. The molecule has 0 heterocycles. The number of unbranched alkanes of at least 4 members (excludes halogenated alkanes) is 18. The van der Waals surface area contributed by atoms with Crippen LogP contribution in [0.25, 0.3) is 0 Å². The third-order valence-corrected chi connectivity index (χ3v) is 11.0. The van der Waals surface area contributed by atoms with Gasteiger partial charge in [-0.25, -0.2) is 0 Å². The van der Waals surface area contributed by atoms with Crippen LogP contribution in [-0.2, 0) is 28.6 Å². The van der Waals surface area contributed by atoms with Crippen LogP contribution >= 0.6 is 0 Å². The largest absolute Gasteiger partial charge is 0.462 e. The van der Waals surface area contributed by atoms with Gasteiger partial charge in [0.15, 0.2) is 6.10 Å². The van der Waals surface area contributed by atoms with Crippen LogP contribution in [0.15, 0.2) is 109 Å². The van der Waals surface area contributed by atoms with Gasteiger partial charge in [-0.3, -0.25) is 14.4 Å². The van der Waals surface area contributed by atoms with Gasteiger partial charge in [0, 0.05) is 19.3 Å². The van der Waals surface area contributed by atoms with Crippen LogP contribution in [0.4, 0.5) is 0 Å². The van der Waals surface area contributed by atoms with Gasteiger partial charge in [-0.15, -0.1) is 0 Å². The highest BCUT2D eigenvalue weighted by Gasteiger charge is 2.19. The smallest absolute Gasteiger partial charge is 0.306 e. The average molecular weight is 915 g/mol. The molecule has 0 aliphatic rings. The zero-order chi connectivity index (χ0) is 47.9. The maximum absolute atomic E-state index is 12.8. The van der Waals surface area contributed by atoms with Crippen LogP contribution in [0, 0.1) is 0 Å². The van der Waals surface area contributed by atoms with Crippen LogP contribution in [-0.4, -0.2) is 37.2 Å². The van der Waals surface area contributed by atoms with Crippen LogP contribution in [0.5, 0.6) is 0 Å². The highest BCUT2D eigenvalue weighted by atomic mass is 16.6. The number of ether oxygens (including phenoxy) is 3. The minimum atomic E-state index is -0.813. The van der Waals surface area contributed by atoms with E-state index in [0.717, 1.165) is 128 Å². The number of esters is 3. The molecule has 0 rings (SSSR count). The van der Waals surface area contributed by atoms with Gasteiger partial charge < -0.3 is 14.2 Å². The van der Waals surface area contributed by atoms with E-state index in [1.165, 1.54) is 57.8 Å². The number of carbonyl (C=O) groups is 3. The van der Waals surface area contributed by atoms with E-state index in [1.54, 1.807) is 0 Å². The fourth-order valence-corrected chi connectivity index (χ4v) is 6.93. The van der Waals surface area contributed by atoms with Gasteiger partial charge >= 0.3 is 17.9 Å². The predicted octanol–water partition coefficient (Wildman–Crippen LogP) is 17.9. The second-order valence-corrected chi connectivity index (χ2v) is 17.4. The lowest BCUT2D eigenvalue weighted by atomic mass is 10.1. The van der Waals surface area contributed by atoms with Crippen molar-refractivity contribution in [1.29, 1.82) is 0 Å². The van der Waals surface area contributed by atoms with Crippen molar-refractivity contribution < 1.29 is 28.6 Å². The molecule has 0 aromatic heterocycles. The van der Waals surface area contributed by atoms with Crippen molar-refractivity contribution in [3.63, 3.8) is 0 Å². The summed E-state index contributed by atoms with van der Waals surface area (Å²) in [6.07, 6.45) is 72.1. The molecule has 0 radical (unpaired) electrons. The second kappa shape index (κ2) is 53.7. The van der Waals surface area contributed by atoms with E-state index in [0.29, 0.717) is 19.3 Å². The van der Waals surface area contributed by atoms with Crippen molar-refractivity contribution in [2.45, 2.75) is 239 Å². The lowest BCUT2D eigenvalue weighted by Crippen LogP contribution is -2.30. The van der Waals surface area contributed by atoms with Crippen LogP contribution in [0.2, 0.25) is 0 Å². The predicted molar refractivity (Wildman–Crippen MR) is 283 cm³/mol. The monoisotopic (exact) mass is 915 g/mol. The molecule has 0 aliphatic heterocycles. The van der Waals surface area contributed by atoms with Gasteiger partial charge in [0.25, 0.3) is 0 Å². The topological polar surface area (TPSA) is 78.9 Å². The number of carbonyl (C=O) groups excluding carboxylic acids is 3. The van der Waals surface area contributed by atoms with Crippen molar-refractivity contribution in [2.75, 3.05) is 13.2 Å². The highest BCUT2D eigenvalue weighted by molar-refractivity contribution is 5.71. The molecule has 0 aromatic rings. The van der Waals surface area contributed by atoms with E-state index in [9.17, 15) is 14.4 Å². The van der Waals surface area contributed by atoms with Gasteiger partial charge in [-0.2, -0.15) is 0 Å². The number of allylic oxidation sites excluding steroid dienone is 18. The Hall–Kier alpha value is -3.93. The lowest BCUT2D eigenvalue weighted by Gasteiger charge is -2.18. The van der Waals surface area contributed by atoms with E-state index >= 15 is 0 Å². The Bertz CT molecular complexity index is 1370. The SMILES string of the molecule is CC/C=C\C/C=C\C/C=C\C/C=C\CCCCC(=O)OC(COC(=O)CCCCCCC/C=C\C/C=C\CCCC)COC(=O)CCCCCCCC/C=C\C/C=C\C/C=C\CCCCC. The molecular weight excluding hydrogens is 817 g/mol. The minimum absolute atomic E-state index is 0.108. The zero-order valence-corrected chi connectivity index (χ0v) is 42.7. The maximum atomic E-state index is 12.8. The van der Waals surface area contributed by atoms with E-state index in [-0.39, 0.29) is 37.5 Å². The van der Waals surface area contributed by atoms with E-state index in [2.05, 4.69) is 130 Å². The Morgan fingerprint density at radius 2 is 0.606 bits per heavy atom. The summed E-state index contributed by atoms with van der Waals surface area (Å²) in [5, 5.41) is 0. The maximum Gasteiger partial charge on any atom is 0.306 e. The molecule has 0 amide bonds. The van der Waals surface area contributed by atoms with Crippen molar-refractivity contribution in [1.82, 2.24) is 0 Å². The summed E-state index contributed by atoms with van der Waals surface area (Å²) in [5.41, 5.74) is 0. The van der Waals surface area contributed by atoms with Crippen molar-refractivity contribution >= 4 is 17.9 Å². The van der Waals surface area contributed by atoms with E-state index in [4.69, 9.17) is 14.2 Å². The molecule has 0 N–H and O–H groups in total. The summed E-state index contributed by atoms with van der Waals surface area (Å²) >= 11 is 0. The van der Waals surface area contributed by atoms with Gasteiger partial charge in [0.2, 0.25) is 0 Å². The molecule has 6 heteroatoms.